The number of halogens is 1. The van der Waals surface area contributed by atoms with Crippen LogP contribution in [0.5, 0.6) is 0 Å². The van der Waals surface area contributed by atoms with Crippen molar-refractivity contribution in [2.24, 2.45) is 0 Å². The lowest BCUT2D eigenvalue weighted by atomic mass is 10.1. The number of aryl methyl sites for hydroxylation is 1. The van der Waals surface area contributed by atoms with Gasteiger partial charge in [0.05, 0.1) is 5.69 Å². The molecule has 3 nitrogen and oxygen atoms in total. The van der Waals surface area contributed by atoms with Crippen LogP contribution < -0.4 is 5.32 Å². The smallest absolute Gasteiger partial charge is 0.134 e. The zero-order valence-electron chi connectivity index (χ0n) is 12.5. The number of rotatable bonds is 5. The van der Waals surface area contributed by atoms with E-state index < -0.39 is 0 Å². The van der Waals surface area contributed by atoms with Gasteiger partial charge in [-0.2, -0.15) is 0 Å². The van der Waals surface area contributed by atoms with Crippen LogP contribution >= 0.6 is 0 Å². The highest BCUT2D eigenvalue weighted by molar-refractivity contribution is 5.66. The van der Waals surface area contributed by atoms with Gasteiger partial charge in [0.2, 0.25) is 0 Å². The Bertz CT molecular complexity index is 650. The van der Waals surface area contributed by atoms with Crippen LogP contribution in [-0.4, -0.2) is 16.5 Å². The third kappa shape index (κ3) is 3.20. The molecule has 0 unspecified atom stereocenters. The topological polar surface area (TPSA) is 37.8 Å². The van der Waals surface area contributed by atoms with Crippen molar-refractivity contribution in [3.05, 3.63) is 41.5 Å². The molecule has 1 aromatic heterocycles. The fourth-order valence-electron chi connectivity index (χ4n) is 2.34. The number of benzene rings is 1. The first kappa shape index (κ1) is 14.0. The fraction of sp³-hybridized carbons (Fsp3) is 0.412. The zero-order valence-corrected chi connectivity index (χ0v) is 12.5. The second-order valence-electron chi connectivity index (χ2n) is 5.66. The van der Waals surface area contributed by atoms with Crippen molar-refractivity contribution in [1.82, 2.24) is 9.97 Å². The molecule has 110 valence electrons. The summed E-state index contributed by atoms with van der Waals surface area (Å²) in [5, 5.41) is 3.32. The lowest BCUT2D eigenvalue weighted by Crippen LogP contribution is -2.06. The molecule has 1 aliphatic carbocycles. The standard InChI is InChI=1S/C17H20FN3/c1-3-8-19-16-10-15(20-17(21-16)12-5-6-12)14-9-13(18)7-4-11(14)2/h4,7,9-10,12H,3,5-6,8H2,1-2H3,(H,19,20,21). The zero-order chi connectivity index (χ0) is 14.8. The van der Waals surface area contributed by atoms with Crippen LogP contribution in [0.3, 0.4) is 0 Å². The molecule has 21 heavy (non-hydrogen) atoms. The summed E-state index contributed by atoms with van der Waals surface area (Å²) in [5.41, 5.74) is 2.68. The summed E-state index contributed by atoms with van der Waals surface area (Å²) in [4.78, 5) is 9.25. The molecule has 1 saturated carbocycles. The molecule has 0 aliphatic heterocycles. The van der Waals surface area contributed by atoms with Gasteiger partial charge in [-0.05, 0) is 43.9 Å². The highest BCUT2D eigenvalue weighted by Gasteiger charge is 2.27. The fourth-order valence-corrected chi connectivity index (χ4v) is 2.34. The van der Waals surface area contributed by atoms with Crippen LogP contribution in [0.15, 0.2) is 24.3 Å². The number of aromatic nitrogens is 2. The summed E-state index contributed by atoms with van der Waals surface area (Å²) in [7, 11) is 0. The lowest BCUT2D eigenvalue weighted by Gasteiger charge is -2.11. The summed E-state index contributed by atoms with van der Waals surface area (Å²) in [6, 6.07) is 6.75. The van der Waals surface area contributed by atoms with E-state index in [1.165, 1.54) is 6.07 Å². The SMILES string of the molecule is CCCNc1cc(-c2cc(F)ccc2C)nc(C2CC2)n1. The minimum absolute atomic E-state index is 0.231. The van der Waals surface area contributed by atoms with Crippen LogP contribution in [0, 0.1) is 12.7 Å². The number of nitrogens with zero attached hydrogens (tertiary/aromatic N) is 2. The Balaban J connectivity index is 2.03. The summed E-state index contributed by atoms with van der Waals surface area (Å²) < 4.78 is 13.5. The molecular weight excluding hydrogens is 265 g/mol. The molecule has 0 amide bonds. The van der Waals surface area contributed by atoms with Crippen molar-refractivity contribution < 1.29 is 4.39 Å². The Kier molecular flexibility index (Phi) is 3.86. The quantitative estimate of drug-likeness (QED) is 0.890. The van der Waals surface area contributed by atoms with E-state index in [0.29, 0.717) is 5.92 Å². The summed E-state index contributed by atoms with van der Waals surface area (Å²) in [6.07, 6.45) is 3.34. The molecule has 0 atom stereocenters. The van der Waals surface area contributed by atoms with Crippen molar-refractivity contribution >= 4 is 5.82 Å². The maximum atomic E-state index is 13.5. The molecule has 4 heteroatoms. The van der Waals surface area contributed by atoms with E-state index >= 15 is 0 Å². The van der Waals surface area contributed by atoms with E-state index in [2.05, 4.69) is 22.2 Å². The molecule has 1 N–H and O–H groups in total. The molecule has 2 aromatic rings. The van der Waals surface area contributed by atoms with Crippen LogP contribution in [0.25, 0.3) is 11.3 Å². The van der Waals surface area contributed by atoms with E-state index in [4.69, 9.17) is 0 Å². The van der Waals surface area contributed by atoms with Gasteiger partial charge in [-0.1, -0.05) is 13.0 Å². The molecule has 0 radical (unpaired) electrons. The first-order chi connectivity index (χ1) is 10.2. The molecule has 1 heterocycles. The predicted octanol–water partition coefficient (Wildman–Crippen LogP) is 4.29. The van der Waals surface area contributed by atoms with Crippen LogP contribution in [-0.2, 0) is 0 Å². The van der Waals surface area contributed by atoms with Gasteiger partial charge >= 0.3 is 0 Å². The molecular formula is C17H20FN3. The summed E-state index contributed by atoms with van der Waals surface area (Å²) in [5.74, 6) is 1.97. The lowest BCUT2D eigenvalue weighted by molar-refractivity contribution is 0.628. The molecule has 0 bridgehead atoms. The summed E-state index contributed by atoms with van der Waals surface area (Å²) >= 11 is 0. The van der Waals surface area contributed by atoms with Crippen molar-refractivity contribution in [3.8, 4) is 11.3 Å². The highest BCUT2D eigenvalue weighted by Crippen LogP contribution is 2.39. The van der Waals surface area contributed by atoms with Gasteiger partial charge in [-0.25, -0.2) is 14.4 Å². The predicted molar refractivity (Wildman–Crippen MR) is 82.9 cm³/mol. The van der Waals surface area contributed by atoms with Crippen LogP contribution in [0.1, 0.15) is 43.5 Å². The van der Waals surface area contributed by atoms with Gasteiger partial charge in [0.15, 0.2) is 0 Å². The molecule has 0 saturated heterocycles. The van der Waals surface area contributed by atoms with E-state index in [9.17, 15) is 4.39 Å². The normalized spacial score (nSPS) is 14.2. The van der Waals surface area contributed by atoms with Gasteiger partial charge in [0.25, 0.3) is 0 Å². The van der Waals surface area contributed by atoms with Gasteiger partial charge in [-0.3, -0.25) is 0 Å². The van der Waals surface area contributed by atoms with Gasteiger partial charge in [0.1, 0.15) is 17.5 Å². The number of hydrogen-bond acceptors (Lipinski definition) is 3. The largest absolute Gasteiger partial charge is 0.370 e. The highest BCUT2D eigenvalue weighted by atomic mass is 19.1. The van der Waals surface area contributed by atoms with E-state index in [1.54, 1.807) is 12.1 Å². The average molecular weight is 285 g/mol. The molecule has 3 rings (SSSR count). The maximum Gasteiger partial charge on any atom is 0.134 e. The van der Waals surface area contributed by atoms with Crippen LogP contribution in [0.2, 0.25) is 0 Å². The summed E-state index contributed by atoms with van der Waals surface area (Å²) in [6.45, 7) is 4.98. The molecule has 0 spiro atoms. The Morgan fingerprint density at radius 2 is 2.05 bits per heavy atom. The minimum atomic E-state index is -0.231. The molecule has 1 fully saturated rings. The monoisotopic (exact) mass is 285 g/mol. The Labute approximate surface area is 124 Å². The Hall–Kier alpha value is -1.97. The Morgan fingerprint density at radius 1 is 1.24 bits per heavy atom. The van der Waals surface area contributed by atoms with Crippen LogP contribution in [0.4, 0.5) is 10.2 Å². The van der Waals surface area contributed by atoms with E-state index in [0.717, 1.165) is 54.3 Å². The number of anilines is 1. The Morgan fingerprint density at radius 3 is 2.76 bits per heavy atom. The van der Waals surface area contributed by atoms with E-state index in [-0.39, 0.29) is 5.82 Å². The van der Waals surface area contributed by atoms with Crippen molar-refractivity contribution in [1.29, 1.82) is 0 Å². The second-order valence-corrected chi connectivity index (χ2v) is 5.66. The minimum Gasteiger partial charge on any atom is -0.370 e. The number of hydrogen-bond donors (Lipinski definition) is 1. The first-order valence-electron chi connectivity index (χ1n) is 7.56. The van der Waals surface area contributed by atoms with E-state index in [1.807, 2.05) is 13.0 Å². The van der Waals surface area contributed by atoms with Gasteiger partial charge in [0, 0.05) is 24.1 Å². The van der Waals surface area contributed by atoms with Crippen molar-refractivity contribution in [3.63, 3.8) is 0 Å². The second kappa shape index (κ2) is 5.80. The van der Waals surface area contributed by atoms with Crippen molar-refractivity contribution in [2.45, 2.75) is 39.0 Å². The van der Waals surface area contributed by atoms with Crippen molar-refractivity contribution in [2.75, 3.05) is 11.9 Å². The average Bonchev–Trinajstić information content (AvgIpc) is 3.32. The van der Waals surface area contributed by atoms with Gasteiger partial charge < -0.3 is 5.32 Å². The molecule has 1 aliphatic rings. The molecule has 1 aromatic carbocycles. The van der Waals surface area contributed by atoms with Gasteiger partial charge in [-0.15, -0.1) is 0 Å². The third-order valence-corrected chi connectivity index (χ3v) is 3.72. The third-order valence-electron chi connectivity index (χ3n) is 3.72. The first-order valence-corrected chi connectivity index (χ1v) is 7.56. The maximum absolute atomic E-state index is 13.5. The number of nitrogens with one attached hydrogen (secondary N) is 1.